The Labute approximate surface area is 124 Å². The molecule has 0 saturated heterocycles. The summed E-state index contributed by atoms with van der Waals surface area (Å²) in [6, 6.07) is 9.60. The van der Waals surface area contributed by atoms with Gasteiger partial charge in [-0.1, -0.05) is 48.5 Å². The van der Waals surface area contributed by atoms with E-state index in [9.17, 15) is 4.79 Å². The minimum Gasteiger partial charge on any atom is -0.443 e. The fourth-order valence-corrected chi connectivity index (χ4v) is 2.31. The molecule has 0 unspecified atom stereocenters. The number of rotatable bonds is 4. The molecule has 4 nitrogen and oxygen atoms in total. The molecule has 0 bridgehead atoms. The molecule has 20 heavy (non-hydrogen) atoms. The van der Waals surface area contributed by atoms with Gasteiger partial charge in [-0.2, -0.15) is 4.99 Å². The molecule has 1 aromatic rings. The number of thioether (sulfide) groups is 1. The van der Waals surface area contributed by atoms with Crippen molar-refractivity contribution in [1.82, 2.24) is 5.32 Å². The first kappa shape index (κ1) is 14.9. The predicted molar refractivity (Wildman–Crippen MR) is 82.9 cm³/mol. The van der Waals surface area contributed by atoms with Crippen molar-refractivity contribution in [2.45, 2.75) is 25.9 Å². The van der Waals surface area contributed by atoms with Gasteiger partial charge in [0.2, 0.25) is 0 Å². The summed E-state index contributed by atoms with van der Waals surface area (Å²) in [7, 11) is 0. The van der Waals surface area contributed by atoms with Crippen molar-refractivity contribution in [3.05, 3.63) is 35.9 Å². The van der Waals surface area contributed by atoms with Crippen molar-refractivity contribution in [2.75, 3.05) is 12.8 Å². The maximum atomic E-state index is 11.7. The molecule has 0 spiro atoms. The molecular weight excluding hydrogens is 272 g/mol. The van der Waals surface area contributed by atoms with E-state index in [2.05, 4.69) is 10.3 Å². The zero-order chi connectivity index (χ0) is 14.2. The highest BCUT2D eigenvalue weighted by Crippen LogP contribution is 2.25. The molecule has 1 fully saturated rings. The number of amides is 1. The summed E-state index contributed by atoms with van der Waals surface area (Å²) in [6.07, 6.45) is 5.22. The number of aliphatic imine (C=N–C) groups is 1. The number of carbonyl (C=O) groups is 1. The second kappa shape index (κ2) is 7.94. The van der Waals surface area contributed by atoms with Crippen LogP contribution in [0.15, 0.2) is 35.3 Å². The van der Waals surface area contributed by atoms with Crippen LogP contribution in [0.3, 0.4) is 0 Å². The molecule has 108 valence electrons. The third kappa shape index (κ3) is 4.89. The Balaban J connectivity index is 1.76. The van der Waals surface area contributed by atoms with E-state index in [0.29, 0.717) is 5.17 Å². The van der Waals surface area contributed by atoms with Crippen molar-refractivity contribution in [2.24, 2.45) is 10.9 Å². The van der Waals surface area contributed by atoms with Gasteiger partial charge in [-0.05, 0) is 30.6 Å². The highest BCUT2D eigenvalue weighted by atomic mass is 32.2. The number of hydrogen-bond donors (Lipinski definition) is 1. The molecule has 1 aromatic carbocycles. The Morgan fingerprint density at radius 3 is 2.75 bits per heavy atom. The van der Waals surface area contributed by atoms with Gasteiger partial charge in [-0.15, -0.1) is 0 Å². The van der Waals surface area contributed by atoms with E-state index in [1.807, 2.05) is 36.6 Å². The Hall–Kier alpha value is -1.49. The Bertz CT molecular complexity index is 458. The van der Waals surface area contributed by atoms with Crippen molar-refractivity contribution >= 4 is 23.0 Å². The lowest BCUT2D eigenvalue weighted by molar-refractivity contribution is 0.151. The van der Waals surface area contributed by atoms with Gasteiger partial charge in [0, 0.05) is 6.54 Å². The van der Waals surface area contributed by atoms with Crippen molar-refractivity contribution in [1.29, 1.82) is 0 Å². The topological polar surface area (TPSA) is 50.7 Å². The lowest BCUT2D eigenvalue weighted by Gasteiger charge is -2.25. The quantitative estimate of drug-likeness (QED) is 0.682. The number of ether oxygens (including phenoxy) is 1. The highest BCUT2D eigenvalue weighted by molar-refractivity contribution is 8.13. The summed E-state index contributed by atoms with van der Waals surface area (Å²) in [5.41, 5.74) is 0.962. The Kier molecular flexibility index (Phi) is 5.92. The summed E-state index contributed by atoms with van der Waals surface area (Å²) in [4.78, 5) is 15.6. The summed E-state index contributed by atoms with van der Waals surface area (Å²) in [6.45, 7) is 1.15. The molecule has 1 amide bonds. The SMILES string of the molecule is CS/C(=N/C(=O)OCc1ccccc1)NCC1CCC1. The summed E-state index contributed by atoms with van der Waals surface area (Å²) >= 11 is 1.43. The van der Waals surface area contributed by atoms with E-state index >= 15 is 0 Å². The molecule has 0 aliphatic heterocycles. The van der Waals surface area contributed by atoms with Gasteiger partial charge in [0.05, 0.1) is 0 Å². The van der Waals surface area contributed by atoms with Gasteiger partial charge in [-0.25, -0.2) is 4.79 Å². The molecule has 1 aliphatic rings. The highest BCUT2D eigenvalue weighted by Gasteiger charge is 2.17. The van der Waals surface area contributed by atoms with Crippen LogP contribution >= 0.6 is 11.8 Å². The monoisotopic (exact) mass is 292 g/mol. The Morgan fingerprint density at radius 1 is 1.40 bits per heavy atom. The number of carbonyl (C=O) groups excluding carboxylic acids is 1. The third-order valence-corrected chi connectivity index (χ3v) is 3.98. The van der Waals surface area contributed by atoms with Crippen molar-refractivity contribution in [3.63, 3.8) is 0 Å². The van der Waals surface area contributed by atoms with Gasteiger partial charge in [0.1, 0.15) is 6.61 Å². The predicted octanol–water partition coefficient (Wildman–Crippen LogP) is 3.43. The molecule has 2 rings (SSSR count). The average Bonchev–Trinajstić information content (AvgIpc) is 2.43. The molecule has 0 heterocycles. The van der Waals surface area contributed by atoms with Crippen LogP contribution in [0.2, 0.25) is 0 Å². The first-order valence-corrected chi connectivity index (χ1v) is 8.07. The van der Waals surface area contributed by atoms with Crippen LogP contribution in [-0.4, -0.2) is 24.1 Å². The van der Waals surface area contributed by atoms with Gasteiger partial charge in [0.15, 0.2) is 5.17 Å². The van der Waals surface area contributed by atoms with Crippen molar-refractivity contribution in [3.8, 4) is 0 Å². The third-order valence-electron chi connectivity index (χ3n) is 3.36. The molecular formula is C15H20N2O2S. The minimum absolute atomic E-state index is 0.257. The second-order valence-electron chi connectivity index (χ2n) is 4.84. The fraction of sp³-hybridized carbons (Fsp3) is 0.467. The van der Waals surface area contributed by atoms with Crippen LogP contribution in [0.1, 0.15) is 24.8 Å². The number of nitrogens with zero attached hydrogens (tertiary/aromatic N) is 1. The number of nitrogens with one attached hydrogen (secondary N) is 1. The van der Waals surface area contributed by atoms with Crippen LogP contribution in [0, 0.1) is 5.92 Å². The molecule has 1 aliphatic carbocycles. The molecule has 0 radical (unpaired) electrons. The summed E-state index contributed by atoms with van der Waals surface area (Å²) < 4.78 is 5.13. The first-order valence-electron chi connectivity index (χ1n) is 6.85. The van der Waals surface area contributed by atoms with Gasteiger partial charge >= 0.3 is 6.09 Å². The lowest BCUT2D eigenvalue weighted by atomic mass is 9.86. The van der Waals surface area contributed by atoms with Crippen LogP contribution in [0.4, 0.5) is 4.79 Å². The number of benzene rings is 1. The zero-order valence-electron chi connectivity index (χ0n) is 11.7. The van der Waals surface area contributed by atoms with E-state index in [-0.39, 0.29) is 6.61 Å². The summed E-state index contributed by atoms with van der Waals surface area (Å²) in [5.74, 6) is 0.729. The smallest absolute Gasteiger partial charge is 0.436 e. The zero-order valence-corrected chi connectivity index (χ0v) is 12.5. The van der Waals surface area contributed by atoms with E-state index in [1.54, 1.807) is 0 Å². The van der Waals surface area contributed by atoms with E-state index in [0.717, 1.165) is 18.0 Å². The molecule has 0 aromatic heterocycles. The van der Waals surface area contributed by atoms with E-state index in [1.165, 1.54) is 31.0 Å². The molecule has 0 atom stereocenters. The van der Waals surface area contributed by atoms with Crippen molar-refractivity contribution < 1.29 is 9.53 Å². The molecule has 5 heteroatoms. The van der Waals surface area contributed by atoms with Crippen LogP contribution in [0.5, 0.6) is 0 Å². The molecule has 1 saturated carbocycles. The molecule has 1 N–H and O–H groups in total. The van der Waals surface area contributed by atoms with Gasteiger partial charge in [-0.3, -0.25) is 0 Å². The summed E-state index contributed by atoms with van der Waals surface area (Å²) in [5, 5.41) is 3.85. The standard InChI is InChI=1S/C15H20N2O2S/c1-20-14(16-10-12-8-5-9-12)17-15(18)19-11-13-6-3-2-4-7-13/h2-4,6-7,12H,5,8-11H2,1H3,(H,16,17,18). The van der Waals surface area contributed by atoms with Gasteiger partial charge in [0.25, 0.3) is 0 Å². The van der Waals surface area contributed by atoms with Crippen LogP contribution < -0.4 is 5.32 Å². The van der Waals surface area contributed by atoms with Crippen LogP contribution in [0.25, 0.3) is 0 Å². The van der Waals surface area contributed by atoms with Gasteiger partial charge < -0.3 is 10.1 Å². The normalized spacial score (nSPS) is 15.6. The second-order valence-corrected chi connectivity index (χ2v) is 5.63. The van der Waals surface area contributed by atoms with E-state index in [4.69, 9.17) is 4.74 Å². The minimum atomic E-state index is -0.542. The number of amidine groups is 1. The first-order chi connectivity index (χ1) is 9.78. The fourth-order valence-electron chi connectivity index (χ4n) is 1.92. The maximum Gasteiger partial charge on any atom is 0.436 e. The maximum absolute atomic E-state index is 11.7. The largest absolute Gasteiger partial charge is 0.443 e. The van der Waals surface area contributed by atoms with Crippen LogP contribution in [-0.2, 0) is 11.3 Å². The number of hydrogen-bond acceptors (Lipinski definition) is 3. The average molecular weight is 292 g/mol. The lowest BCUT2D eigenvalue weighted by Crippen LogP contribution is -2.31. The van der Waals surface area contributed by atoms with E-state index < -0.39 is 6.09 Å². The Morgan fingerprint density at radius 2 is 2.15 bits per heavy atom.